The van der Waals surface area contributed by atoms with Crippen molar-refractivity contribution in [1.82, 2.24) is 24.9 Å². The van der Waals surface area contributed by atoms with Crippen molar-refractivity contribution in [2.45, 2.75) is 37.4 Å². The molecule has 1 fully saturated rings. The zero-order valence-corrected chi connectivity index (χ0v) is 19.9. The van der Waals surface area contributed by atoms with E-state index in [0.717, 1.165) is 6.07 Å². The first-order chi connectivity index (χ1) is 18.5. The Balaban J connectivity index is 1.19. The van der Waals surface area contributed by atoms with Gasteiger partial charge in [0.15, 0.2) is 11.6 Å². The number of carbonyl (C=O) groups excluding carboxylic acids is 1. The number of hydrogen-bond donors (Lipinski definition) is 3. The maximum Gasteiger partial charge on any atom is 0.401 e. The zero-order valence-electron chi connectivity index (χ0n) is 19.9. The number of halogens is 4. The third kappa shape index (κ3) is 5.56. The molecule has 0 aliphatic heterocycles. The van der Waals surface area contributed by atoms with Crippen molar-refractivity contribution in [3.8, 4) is 11.1 Å². The molecule has 3 N–H and O–H groups in total. The van der Waals surface area contributed by atoms with Crippen molar-refractivity contribution in [1.29, 1.82) is 0 Å². The highest BCUT2D eigenvalue weighted by molar-refractivity contribution is 5.91. The van der Waals surface area contributed by atoms with Crippen molar-refractivity contribution >= 4 is 29.3 Å². The van der Waals surface area contributed by atoms with Gasteiger partial charge in [-0.3, -0.25) is 14.3 Å². The van der Waals surface area contributed by atoms with Crippen LogP contribution in [0.3, 0.4) is 0 Å². The molecule has 3 heterocycles. The van der Waals surface area contributed by atoms with Gasteiger partial charge < -0.3 is 20.3 Å². The standard InChI is InChI=1S/C24H19F4N7O4/c25-17-5-13(15-8-29-22(30-9-15)32-16-10-31-35(11-16)12-21(37)38)1-2-14(17)6-20(36)33-19-7-18(39-34-19)23(3-4-23)24(26,27)28/h1-2,5,7-11H,3-4,6,12H2,(H,37,38)(H,29,30,32)(H,33,34,36). The van der Waals surface area contributed by atoms with Crippen LogP contribution in [0, 0.1) is 5.82 Å². The maximum absolute atomic E-state index is 14.8. The van der Waals surface area contributed by atoms with Gasteiger partial charge in [0.05, 0.1) is 18.3 Å². The summed E-state index contributed by atoms with van der Waals surface area (Å²) < 4.78 is 60.5. The first kappa shape index (κ1) is 25.8. The monoisotopic (exact) mass is 545 g/mol. The van der Waals surface area contributed by atoms with Crippen LogP contribution in [0.1, 0.15) is 24.2 Å². The summed E-state index contributed by atoms with van der Waals surface area (Å²) >= 11 is 0. The van der Waals surface area contributed by atoms with Gasteiger partial charge in [-0.1, -0.05) is 17.3 Å². The molecule has 0 radical (unpaired) electrons. The highest BCUT2D eigenvalue weighted by atomic mass is 19.4. The molecule has 4 aromatic rings. The van der Waals surface area contributed by atoms with Crippen LogP contribution < -0.4 is 10.6 Å². The third-order valence-corrected chi connectivity index (χ3v) is 6.12. The van der Waals surface area contributed by atoms with Gasteiger partial charge in [0, 0.05) is 30.2 Å². The lowest BCUT2D eigenvalue weighted by atomic mass is 10.0. The van der Waals surface area contributed by atoms with Gasteiger partial charge >= 0.3 is 12.1 Å². The molecule has 0 saturated heterocycles. The predicted molar refractivity (Wildman–Crippen MR) is 126 cm³/mol. The maximum atomic E-state index is 14.8. The Hall–Kier alpha value is -4.82. The molecule has 1 aliphatic rings. The molecule has 0 unspecified atom stereocenters. The van der Waals surface area contributed by atoms with E-state index in [1.165, 1.54) is 41.6 Å². The molecule has 5 rings (SSSR count). The van der Waals surface area contributed by atoms with Gasteiger partial charge in [0.1, 0.15) is 17.8 Å². The number of hydrogen-bond acceptors (Lipinski definition) is 8. The van der Waals surface area contributed by atoms with E-state index in [9.17, 15) is 27.2 Å². The molecular weight excluding hydrogens is 526 g/mol. The summed E-state index contributed by atoms with van der Waals surface area (Å²) in [6.07, 6.45) is 0.716. The molecule has 0 atom stereocenters. The second-order valence-electron chi connectivity index (χ2n) is 8.93. The van der Waals surface area contributed by atoms with E-state index >= 15 is 0 Å². The van der Waals surface area contributed by atoms with Gasteiger partial charge in [-0.2, -0.15) is 18.3 Å². The highest BCUT2D eigenvalue weighted by Gasteiger charge is 2.66. The molecule has 3 aromatic heterocycles. The molecule has 1 amide bonds. The number of alkyl halides is 3. The van der Waals surface area contributed by atoms with E-state index in [2.05, 4.69) is 30.9 Å². The number of aromatic nitrogens is 5. The van der Waals surface area contributed by atoms with Crippen LogP contribution in [-0.2, 0) is 28.0 Å². The Labute approximate surface area is 216 Å². The number of carbonyl (C=O) groups is 2. The Kier molecular flexibility index (Phi) is 6.49. The first-order valence-electron chi connectivity index (χ1n) is 11.5. The van der Waals surface area contributed by atoms with Gasteiger partial charge in [-0.05, 0) is 30.0 Å². The van der Waals surface area contributed by atoms with Crippen molar-refractivity contribution in [2.75, 3.05) is 10.6 Å². The molecule has 1 aromatic carbocycles. The number of benzene rings is 1. The molecule has 11 nitrogen and oxygen atoms in total. The minimum absolute atomic E-state index is 0.0616. The van der Waals surface area contributed by atoms with Crippen LogP contribution in [0.25, 0.3) is 11.1 Å². The van der Waals surface area contributed by atoms with Crippen LogP contribution in [-0.4, -0.2) is 48.1 Å². The van der Waals surface area contributed by atoms with Crippen LogP contribution in [0.15, 0.2) is 53.6 Å². The fourth-order valence-electron chi connectivity index (χ4n) is 3.91. The number of anilines is 3. The molecule has 39 heavy (non-hydrogen) atoms. The molecule has 0 spiro atoms. The minimum Gasteiger partial charge on any atom is -0.480 e. The van der Waals surface area contributed by atoms with Crippen LogP contribution in [0.4, 0.5) is 35.0 Å². The molecule has 202 valence electrons. The van der Waals surface area contributed by atoms with E-state index < -0.39 is 29.3 Å². The topological polar surface area (TPSA) is 148 Å². The van der Waals surface area contributed by atoms with E-state index in [-0.39, 0.29) is 48.9 Å². The van der Waals surface area contributed by atoms with Gasteiger partial charge in [-0.25, -0.2) is 14.4 Å². The lowest BCUT2D eigenvalue weighted by molar-refractivity contribution is -0.165. The normalized spacial score (nSPS) is 14.2. The fraction of sp³-hybridized carbons (Fsp3) is 0.250. The Morgan fingerprint density at radius 1 is 1.10 bits per heavy atom. The third-order valence-electron chi connectivity index (χ3n) is 6.12. The average molecular weight is 545 g/mol. The number of nitrogens with zero attached hydrogens (tertiary/aromatic N) is 5. The van der Waals surface area contributed by atoms with Crippen LogP contribution >= 0.6 is 0 Å². The highest BCUT2D eigenvalue weighted by Crippen LogP contribution is 2.59. The second-order valence-corrected chi connectivity index (χ2v) is 8.93. The molecule has 1 saturated carbocycles. The summed E-state index contributed by atoms with van der Waals surface area (Å²) in [7, 11) is 0. The Morgan fingerprint density at radius 3 is 2.49 bits per heavy atom. The zero-order chi connectivity index (χ0) is 27.8. The van der Waals surface area contributed by atoms with Gasteiger partial charge in [-0.15, -0.1) is 0 Å². The van der Waals surface area contributed by atoms with E-state index in [4.69, 9.17) is 9.63 Å². The number of amides is 1. The van der Waals surface area contributed by atoms with Crippen molar-refractivity contribution < 1.29 is 36.8 Å². The van der Waals surface area contributed by atoms with Crippen molar-refractivity contribution in [2.24, 2.45) is 0 Å². The number of carboxylic acids is 1. The quantitative estimate of drug-likeness (QED) is 0.265. The van der Waals surface area contributed by atoms with Gasteiger partial charge in [0.25, 0.3) is 0 Å². The number of aliphatic carboxylic acids is 1. The summed E-state index contributed by atoms with van der Waals surface area (Å²) in [6.45, 7) is -0.297. The summed E-state index contributed by atoms with van der Waals surface area (Å²) in [5.41, 5.74) is -0.585. The number of rotatable bonds is 9. The molecular formula is C24H19F4N7O4. The number of carboxylic acid groups (broad SMARTS) is 1. The van der Waals surface area contributed by atoms with E-state index in [1.54, 1.807) is 6.07 Å². The number of nitrogens with one attached hydrogen (secondary N) is 2. The van der Waals surface area contributed by atoms with Crippen LogP contribution in [0.2, 0.25) is 0 Å². The molecule has 0 bridgehead atoms. The van der Waals surface area contributed by atoms with E-state index in [0.29, 0.717) is 16.8 Å². The summed E-state index contributed by atoms with van der Waals surface area (Å²) in [5.74, 6) is -2.72. The molecule has 1 aliphatic carbocycles. The van der Waals surface area contributed by atoms with E-state index in [1.807, 2.05) is 0 Å². The predicted octanol–water partition coefficient (Wildman–Crippen LogP) is 4.07. The Morgan fingerprint density at radius 2 is 1.85 bits per heavy atom. The average Bonchev–Trinajstić information content (AvgIpc) is 3.40. The lowest BCUT2D eigenvalue weighted by Gasteiger charge is -2.14. The minimum atomic E-state index is -4.48. The van der Waals surface area contributed by atoms with Crippen molar-refractivity contribution in [3.63, 3.8) is 0 Å². The smallest absolute Gasteiger partial charge is 0.401 e. The molecule has 15 heteroatoms. The Bertz CT molecular complexity index is 1530. The van der Waals surface area contributed by atoms with Crippen LogP contribution in [0.5, 0.6) is 0 Å². The summed E-state index contributed by atoms with van der Waals surface area (Å²) in [6, 6.07) is 5.23. The fourth-order valence-corrected chi connectivity index (χ4v) is 3.91. The van der Waals surface area contributed by atoms with Gasteiger partial charge in [0.2, 0.25) is 11.9 Å². The second kappa shape index (κ2) is 9.81. The SMILES string of the molecule is O=C(O)Cn1cc(Nc2ncc(-c3ccc(CC(=O)Nc4cc(C5(C(F)(F)F)CC5)on4)c(F)c3)cn2)cn1. The summed E-state index contributed by atoms with van der Waals surface area (Å²) in [5, 5.41) is 21.4. The summed E-state index contributed by atoms with van der Waals surface area (Å²) in [4.78, 5) is 31.4. The van der Waals surface area contributed by atoms with Crippen molar-refractivity contribution in [3.05, 3.63) is 66.2 Å². The largest absolute Gasteiger partial charge is 0.480 e. The lowest BCUT2D eigenvalue weighted by Crippen LogP contribution is -2.28. The first-order valence-corrected chi connectivity index (χ1v) is 11.5.